The van der Waals surface area contributed by atoms with E-state index in [1.54, 1.807) is 0 Å². The van der Waals surface area contributed by atoms with Crippen molar-refractivity contribution in [3.05, 3.63) is 0 Å². The average molecular weight is 407 g/mol. The number of aliphatic hydroxyl groups excluding tert-OH is 4. The summed E-state index contributed by atoms with van der Waals surface area (Å²) < 4.78 is 9.75. The highest BCUT2D eigenvalue weighted by Crippen LogP contribution is 2.13. The number of hydrogen-bond acceptors (Lipinski definition) is 8. The van der Waals surface area contributed by atoms with Crippen LogP contribution in [0.15, 0.2) is 0 Å². The van der Waals surface area contributed by atoms with Crippen LogP contribution in [0.4, 0.5) is 0 Å². The molecule has 0 aliphatic rings. The fourth-order valence-corrected chi connectivity index (χ4v) is 2.69. The highest BCUT2D eigenvalue weighted by Gasteiger charge is 2.32. The molecule has 8 heteroatoms. The molecular formula is C20H38O8. The third-order valence-corrected chi connectivity index (χ3v) is 4.96. The van der Waals surface area contributed by atoms with Gasteiger partial charge in [-0.05, 0) is 50.4 Å². The summed E-state index contributed by atoms with van der Waals surface area (Å²) in [6.07, 6.45) is 2.11. The Morgan fingerprint density at radius 2 is 1.07 bits per heavy atom. The van der Waals surface area contributed by atoms with Gasteiger partial charge in [0.2, 0.25) is 0 Å². The quantitative estimate of drug-likeness (QED) is 0.209. The zero-order valence-corrected chi connectivity index (χ0v) is 17.2. The maximum Gasteiger partial charge on any atom is 0.338 e. The summed E-state index contributed by atoms with van der Waals surface area (Å²) in [7, 11) is 0. The molecule has 4 atom stereocenters. The van der Waals surface area contributed by atoms with E-state index in [1.807, 2.05) is 13.8 Å². The third-order valence-electron chi connectivity index (χ3n) is 4.96. The molecule has 0 amide bonds. The molecule has 0 aliphatic carbocycles. The highest BCUT2D eigenvalue weighted by atomic mass is 16.6. The second kappa shape index (κ2) is 16.7. The van der Waals surface area contributed by atoms with Crippen LogP contribution in [0.1, 0.15) is 65.2 Å². The van der Waals surface area contributed by atoms with E-state index in [1.165, 1.54) is 0 Å². The fraction of sp³-hybridized carbons (Fsp3) is 0.900. The number of unbranched alkanes of at least 4 members (excludes halogenated alkanes) is 2. The van der Waals surface area contributed by atoms with E-state index in [4.69, 9.17) is 19.7 Å². The lowest BCUT2D eigenvalue weighted by atomic mass is 10.0. The molecule has 0 bridgehead atoms. The Bertz CT molecular complexity index is 369. The first-order valence-electron chi connectivity index (χ1n) is 10.3. The van der Waals surface area contributed by atoms with E-state index in [2.05, 4.69) is 0 Å². The lowest BCUT2D eigenvalue weighted by Gasteiger charge is -2.16. The molecule has 8 nitrogen and oxygen atoms in total. The largest absolute Gasteiger partial charge is 0.464 e. The van der Waals surface area contributed by atoms with Crippen molar-refractivity contribution in [2.75, 3.05) is 26.4 Å². The maximum absolute atomic E-state index is 11.7. The number of carbonyl (C=O) groups excluding carboxylic acids is 2. The first-order valence-corrected chi connectivity index (χ1v) is 10.3. The van der Waals surface area contributed by atoms with Crippen LogP contribution >= 0.6 is 0 Å². The Morgan fingerprint density at radius 1 is 0.714 bits per heavy atom. The molecule has 0 heterocycles. The summed E-state index contributed by atoms with van der Waals surface area (Å²) >= 11 is 0. The predicted octanol–water partition coefficient (Wildman–Crippen LogP) is 1.17. The van der Waals surface area contributed by atoms with Gasteiger partial charge in [0.25, 0.3) is 0 Å². The van der Waals surface area contributed by atoms with Crippen LogP contribution in [0.3, 0.4) is 0 Å². The molecule has 4 N–H and O–H groups in total. The first kappa shape index (κ1) is 26.8. The van der Waals surface area contributed by atoms with E-state index < -0.39 is 24.1 Å². The Kier molecular flexibility index (Phi) is 16.0. The summed E-state index contributed by atoms with van der Waals surface area (Å²) in [5.74, 6) is -1.66. The smallest absolute Gasteiger partial charge is 0.338 e. The summed E-state index contributed by atoms with van der Waals surface area (Å²) in [4.78, 5) is 23.4. The van der Waals surface area contributed by atoms with Gasteiger partial charge in [0.15, 0.2) is 12.2 Å². The minimum Gasteiger partial charge on any atom is -0.464 e. The van der Waals surface area contributed by atoms with E-state index in [0.29, 0.717) is 12.8 Å². The van der Waals surface area contributed by atoms with Crippen molar-refractivity contribution in [2.45, 2.75) is 77.4 Å². The van der Waals surface area contributed by atoms with Gasteiger partial charge in [-0.2, -0.15) is 0 Å². The lowest BCUT2D eigenvalue weighted by Crippen LogP contribution is -2.41. The van der Waals surface area contributed by atoms with Crippen LogP contribution in [0.2, 0.25) is 0 Å². The molecule has 0 radical (unpaired) electrons. The zero-order valence-electron chi connectivity index (χ0n) is 17.2. The minimum atomic E-state index is -1.98. The number of rotatable bonds is 17. The molecule has 0 aliphatic heterocycles. The monoisotopic (exact) mass is 406 g/mol. The minimum absolute atomic E-state index is 0.0724. The van der Waals surface area contributed by atoms with Crippen LogP contribution in [-0.4, -0.2) is 71.0 Å². The standard InChI is InChI=1S/C20H38O8/c1-3-15(13-21)9-5-7-11-27-19(25)17(23)18(24)20(26)28-12-8-6-10-16(4-2)14-22/h15-18,21-24H,3-14H2,1-2H3. The van der Waals surface area contributed by atoms with E-state index >= 15 is 0 Å². The molecule has 0 fully saturated rings. The lowest BCUT2D eigenvalue weighted by molar-refractivity contribution is -0.173. The van der Waals surface area contributed by atoms with Crippen molar-refractivity contribution in [1.82, 2.24) is 0 Å². The summed E-state index contributed by atoms with van der Waals surface area (Å²) in [6, 6.07) is 0. The highest BCUT2D eigenvalue weighted by molar-refractivity contribution is 5.85. The number of hydrogen-bond donors (Lipinski definition) is 4. The van der Waals surface area contributed by atoms with Crippen molar-refractivity contribution < 1.29 is 39.5 Å². The van der Waals surface area contributed by atoms with Crippen LogP contribution in [0.25, 0.3) is 0 Å². The van der Waals surface area contributed by atoms with E-state index in [-0.39, 0.29) is 38.3 Å². The molecule has 0 aromatic heterocycles. The van der Waals surface area contributed by atoms with Crippen molar-refractivity contribution in [2.24, 2.45) is 11.8 Å². The van der Waals surface area contributed by atoms with E-state index in [0.717, 1.165) is 38.5 Å². The second-order valence-corrected chi connectivity index (χ2v) is 7.13. The average Bonchev–Trinajstić information content (AvgIpc) is 2.71. The summed E-state index contributed by atoms with van der Waals surface area (Å²) in [6.45, 7) is 4.39. The molecule has 0 saturated carbocycles. The molecule has 0 saturated heterocycles. The van der Waals surface area contributed by atoms with Crippen LogP contribution in [0, 0.1) is 11.8 Å². The van der Waals surface area contributed by atoms with Crippen molar-refractivity contribution >= 4 is 11.9 Å². The van der Waals surface area contributed by atoms with Gasteiger partial charge >= 0.3 is 11.9 Å². The topological polar surface area (TPSA) is 134 Å². The van der Waals surface area contributed by atoms with Gasteiger partial charge in [-0.1, -0.05) is 26.7 Å². The van der Waals surface area contributed by atoms with Crippen LogP contribution in [-0.2, 0) is 19.1 Å². The summed E-state index contributed by atoms with van der Waals surface area (Å²) in [5, 5.41) is 37.7. The predicted molar refractivity (Wildman–Crippen MR) is 103 cm³/mol. The van der Waals surface area contributed by atoms with Gasteiger partial charge < -0.3 is 29.9 Å². The molecule has 166 valence electrons. The van der Waals surface area contributed by atoms with Crippen molar-refractivity contribution in [1.29, 1.82) is 0 Å². The van der Waals surface area contributed by atoms with Gasteiger partial charge in [0, 0.05) is 13.2 Å². The molecule has 0 aromatic rings. The number of esters is 2. The fourth-order valence-electron chi connectivity index (χ4n) is 2.69. The Morgan fingerprint density at radius 3 is 1.36 bits per heavy atom. The Labute approximate surface area is 167 Å². The Balaban J connectivity index is 3.96. The van der Waals surface area contributed by atoms with Gasteiger partial charge in [-0.25, -0.2) is 9.59 Å². The summed E-state index contributed by atoms with van der Waals surface area (Å²) in [5.41, 5.74) is 0. The number of ether oxygens (including phenoxy) is 2. The molecule has 0 rings (SSSR count). The van der Waals surface area contributed by atoms with Crippen molar-refractivity contribution in [3.8, 4) is 0 Å². The van der Waals surface area contributed by atoms with Gasteiger partial charge in [-0.3, -0.25) is 0 Å². The second-order valence-electron chi connectivity index (χ2n) is 7.13. The molecule has 0 spiro atoms. The molecular weight excluding hydrogens is 368 g/mol. The first-order chi connectivity index (χ1) is 13.4. The normalized spacial score (nSPS) is 15.5. The van der Waals surface area contributed by atoms with Gasteiger partial charge in [-0.15, -0.1) is 0 Å². The van der Waals surface area contributed by atoms with E-state index in [9.17, 15) is 19.8 Å². The zero-order chi connectivity index (χ0) is 21.4. The van der Waals surface area contributed by atoms with Gasteiger partial charge in [0.05, 0.1) is 13.2 Å². The maximum atomic E-state index is 11.7. The van der Waals surface area contributed by atoms with Gasteiger partial charge in [0.1, 0.15) is 0 Å². The SMILES string of the molecule is CCC(CO)CCCCOC(=O)C(O)C(O)C(=O)OCCCCC(CC)CO. The van der Waals surface area contributed by atoms with Crippen LogP contribution in [0.5, 0.6) is 0 Å². The Hall–Kier alpha value is -1.22. The molecule has 0 aromatic carbocycles. The third kappa shape index (κ3) is 11.6. The van der Waals surface area contributed by atoms with Crippen molar-refractivity contribution in [3.63, 3.8) is 0 Å². The number of carbonyl (C=O) groups is 2. The molecule has 28 heavy (non-hydrogen) atoms. The molecule has 4 unspecified atom stereocenters. The number of aliphatic hydroxyl groups is 4. The van der Waals surface area contributed by atoms with Crippen LogP contribution < -0.4 is 0 Å².